The fourth-order valence-electron chi connectivity index (χ4n) is 3.13. The number of aromatic nitrogens is 1. The average molecular weight is 340 g/mol. The van der Waals surface area contributed by atoms with Crippen molar-refractivity contribution in [2.24, 2.45) is 0 Å². The van der Waals surface area contributed by atoms with Gasteiger partial charge in [0.05, 0.1) is 12.8 Å². The van der Waals surface area contributed by atoms with Crippen LogP contribution in [0.5, 0.6) is 0 Å². The molecule has 1 aliphatic rings. The molecule has 5 nitrogen and oxygen atoms in total. The highest BCUT2D eigenvalue weighted by Gasteiger charge is 2.27. The number of amides is 1. The summed E-state index contributed by atoms with van der Waals surface area (Å²) in [6.07, 6.45) is 3.19. The number of nitrogens with zero attached hydrogens (tertiary/aromatic N) is 2. The molecule has 0 bridgehead atoms. The summed E-state index contributed by atoms with van der Waals surface area (Å²) in [5.41, 5.74) is 2.14. The van der Waals surface area contributed by atoms with E-state index in [1.807, 2.05) is 12.1 Å². The lowest BCUT2D eigenvalue weighted by Gasteiger charge is -2.26. The zero-order valence-corrected chi connectivity index (χ0v) is 13.6. The third-order valence-electron chi connectivity index (χ3n) is 4.44. The standard InChI is InChI=1S/C19H17FN2O3/c20-14-4-1-3-13(11-14)19-16-12-22(9-8-17(16)25-21-19)18(23)7-6-15-5-2-10-24-15/h1-5,10-11H,6-9,12H2. The summed E-state index contributed by atoms with van der Waals surface area (Å²) >= 11 is 0. The van der Waals surface area contributed by atoms with Crippen LogP contribution in [0.1, 0.15) is 23.5 Å². The van der Waals surface area contributed by atoms with Crippen LogP contribution in [0.15, 0.2) is 51.6 Å². The van der Waals surface area contributed by atoms with E-state index in [2.05, 4.69) is 5.16 Å². The molecular weight excluding hydrogens is 323 g/mol. The van der Waals surface area contributed by atoms with Gasteiger partial charge >= 0.3 is 0 Å². The molecule has 0 spiro atoms. The number of furan rings is 1. The van der Waals surface area contributed by atoms with Gasteiger partial charge in [-0.25, -0.2) is 4.39 Å². The molecule has 0 N–H and O–H groups in total. The van der Waals surface area contributed by atoms with Crippen LogP contribution in [0.3, 0.4) is 0 Å². The van der Waals surface area contributed by atoms with E-state index in [0.29, 0.717) is 43.6 Å². The van der Waals surface area contributed by atoms with Crippen molar-refractivity contribution in [2.45, 2.75) is 25.8 Å². The molecule has 0 saturated carbocycles. The van der Waals surface area contributed by atoms with Gasteiger partial charge in [-0.15, -0.1) is 0 Å². The van der Waals surface area contributed by atoms with Crippen molar-refractivity contribution in [1.29, 1.82) is 0 Å². The van der Waals surface area contributed by atoms with Crippen LogP contribution in [0.4, 0.5) is 4.39 Å². The Morgan fingerprint density at radius 3 is 3.00 bits per heavy atom. The fourth-order valence-corrected chi connectivity index (χ4v) is 3.13. The molecule has 3 aromatic rings. The molecule has 1 aromatic carbocycles. The number of hydrogen-bond donors (Lipinski definition) is 0. The summed E-state index contributed by atoms with van der Waals surface area (Å²) < 4.78 is 24.2. The van der Waals surface area contributed by atoms with Gasteiger partial charge in [-0.3, -0.25) is 4.79 Å². The first-order valence-corrected chi connectivity index (χ1v) is 8.24. The van der Waals surface area contributed by atoms with E-state index >= 15 is 0 Å². The Bertz CT molecular complexity index is 886. The van der Waals surface area contributed by atoms with Gasteiger partial charge in [-0.2, -0.15) is 0 Å². The van der Waals surface area contributed by atoms with Gasteiger partial charge in [0, 0.05) is 36.9 Å². The van der Waals surface area contributed by atoms with E-state index in [0.717, 1.165) is 17.1 Å². The molecule has 0 unspecified atom stereocenters. The van der Waals surface area contributed by atoms with Crippen LogP contribution in [-0.2, 0) is 24.2 Å². The monoisotopic (exact) mass is 340 g/mol. The molecule has 0 radical (unpaired) electrons. The van der Waals surface area contributed by atoms with E-state index in [4.69, 9.17) is 8.94 Å². The largest absolute Gasteiger partial charge is 0.469 e. The van der Waals surface area contributed by atoms with Gasteiger partial charge in [-0.05, 0) is 24.3 Å². The molecular formula is C19H17FN2O3. The third kappa shape index (κ3) is 3.20. The summed E-state index contributed by atoms with van der Waals surface area (Å²) in [5, 5.41) is 4.09. The van der Waals surface area contributed by atoms with E-state index in [1.165, 1.54) is 12.1 Å². The SMILES string of the molecule is O=C(CCc1ccco1)N1CCc2onc(-c3cccc(F)c3)c2C1. The Morgan fingerprint density at radius 2 is 2.20 bits per heavy atom. The Labute approximate surface area is 144 Å². The second-order valence-electron chi connectivity index (χ2n) is 6.09. The Hall–Kier alpha value is -2.89. The summed E-state index contributed by atoms with van der Waals surface area (Å²) in [7, 11) is 0. The molecule has 4 rings (SSSR count). The summed E-state index contributed by atoms with van der Waals surface area (Å²) in [4.78, 5) is 14.3. The first-order chi connectivity index (χ1) is 12.2. The van der Waals surface area contributed by atoms with Crippen molar-refractivity contribution in [3.05, 3.63) is 65.6 Å². The maximum atomic E-state index is 13.5. The number of hydrogen-bond acceptors (Lipinski definition) is 4. The normalized spacial score (nSPS) is 13.7. The highest BCUT2D eigenvalue weighted by atomic mass is 19.1. The quantitative estimate of drug-likeness (QED) is 0.728. The fraction of sp³-hybridized carbons (Fsp3) is 0.263. The first kappa shape index (κ1) is 15.6. The zero-order chi connectivity index (χ0) is 17.2. The van der Waals surface area contributed by atoms with E-state index in [-0.39, 0.29) is 11.7 Å². The minimum absolute atomic E-state index is 0.0634. The average Bonchev–Trinajstić information content (AvgIpc) is 3.28. The molecule has 0 atom stereocenters. The van der Waals surface area contributed by atoms with Gasteiger partial charge in [0.1, 0.15) is 23.0 Å². The maximum absolute atomic E-state index is 13.5. The summed E-state index contributed by atoms with van der Waals surface area (Å²) in [6, 6.07) is 9.93. The lowest BCUT2D eigenvalue weighted by atomic mass is 10.0. The van der Waals surface area contributed by atoms with E-state index in [9.17, 15) is 9.18 Å². The molecule has 25 heavy (non-hydrogen) atoms. The molecule has 3 heterocycles. The molecule has 0 fully saturated rings. The predicted molar refractivity (Wildman–Crippen MR) is 88.0 cm³/mol. The maximum Gasteiger partial charge on any atom is 0.223 e. The van der Waals surface area contributed by atoms with Crippen molar-refractivity contribution in [3.8, 4) is 11.3 Å². The van der Waals surface area contributed by atoms with Gasteiger partial charge in [0.25, 0.3) is 0 Å². The Kier molecular flexibility index (Phi) is 4.09. The predicted octanol–water partition coefficient (Wildman–Crippen LogP) is 3.59. The smallest absolute Gasteiger partial charge is 0.223 e. The number of aryl methyl sites for hydroxylation is 1. The number of rotatable bonds is 4. The number of fused-ring (bicyclic) bond motifs is 1. The Morgan fingerprint density at radius 1 is 1.28 bits per heavy atom. The third-order valence-corrected chi connectivity index (χ3v) is 4.44. The van der Waals surface area contributed by atoms with Crippen LogP contribution in [-0.4, -0.2) is 22.5 Å². The zero-order valence-electron chi connectivity index (χ0n) is 13.6. The van der Waals surface area contributed by atoms with Gasteiger partial charge in [0.2, 0.25) is 5.91 Å². The molecule has 1 amide bonds. The van der Waals surface area contributed by atoms with Crippen LogP contribution >= 0.6 is 0 Å². The van der Waals surface area contributed by atoms with Crippen molar-refractivity contribution in [1.82, 2.24) is 10.1 Å². The van der Waals surface area contributed by atoms with Crippen LogP contribution in [0.25, 0.3) is 11.3 Å². The van der Waals surface area contributed by atoms with Crippen LogP contribution in [0.2, 0.25) is 0 Å². The van der Waals surface area contributed by atoms with E-state index in [1.54, 1.807) is 23.3 Å². The molecule has 0 aliphatic carbocycles. The van der Waals surface area contributed by atoms with Crippen molar-refractivity contribution in [2.75, 3.05) is 6.54 Å². The molecule has 2 aromatic heterocycles. The number of halogens is 1. The second kappa shape index (κ2) is 6.55. The van der Waals surface area contributed by atoms with Crippen molar-refractivity contribution < 1.29 is 18.1 Å². The van der Waals surface area contributed by atoms with Gasteiger partial charge in [-0.1, -0.05) is 17.3 Å². The van der Waals surface area contributed by atoms with Gasteiger partial charge < -0.3 is 13.8 Å². The first-order valence-electron chi connectivity index (χ1n) is 8.24. The number of carbonyl (C=O) groups is 1. The molecule has 128 valence electrons. The highest BCUT2D eigenvalue weighted by Crippen LogP contribution is 2.30. The van der Waals surface area contributed by atoms with Crippen LogP contribution in [0, 0.1) is 5.82 Å². The van der Waals surface area contributed by atoms with Gasteiger partial charge in [0.15, 0.2) is 0 Å². The summed E-state index contributed by atoms with van der Waals surface area (Å²) in [6.45, 7) is 1.03. The topological polar surface area (TPSA) is 59.5 Å². The number of carbonyl (C=O) groups excluding carboxylic acids is 1. The lowest BCUT2D eigenvalue weighted by Crippen LogP contribution is -2.35. The minimum atomic E-state index is -0.323. The van der Waals surface area contributed by atoms with Crippen LogP contribution < -0.4 is 0 Å². The molecule has 6 heteroatoms. The van der Waals surface area contributed by atoms with E-state index < -0.39 is 0 Å². The van der Waals surface area contributed by atoms with Crippen molar-refractivity contribution in [3.63, 3.8) is 0 Å². The Balaban J connectivity index is 1.50. The van der Waals surface area contributed by atoms with Crippen molar-refractivity contribution >= 4 is 5.91 Å². The minimum Gasteiger partial charge on any atom is -0.469 e. The number of benzene rings is 1. The lowest BCUT2D eigenvalue weighted by molar-refractivity contribution is -0.132. The molecule has 1 aliphatic heterocycles. The highest BCUT2D eigenvalue weighted by molar-refractivity contribution is 5.77. The molecule has 0 saturated heterocycles. The second-order valence-corrected chi connectivity index (χ2v) is 6.09. The summed E-state index contributed by atoms with van der Waals surface area (Å²) in [5.74, 6) is 1.32.